The van der Waals surface area contributed by atoms with Crippen LogP contribution in [0.5, 0.6) is 17.2 Å². The number of unbranched alkanes of at least 4 members (excludes halogenated alkanes) is 1. The molecule has 1 unspecified atom stereocenters. The number of rotatable bonds is 19. The molecule has 4 rings (SSSR count). The van der Waals surface area contributed by atoms with Crippen molar-refractivity contribution in [2.45, 2.75) is 44.6 Å². The van der Waals surface area contributed by atoms with E-state index in [1.54, 1.807) is 54.6 Å². The Labute approximate surface area is 301 Å². The quantitative estimate of drug-likeness (QED) is 0.0534. The van der Waals surface area contributed by atoms with Gasteiger partial charge in [0, 0.05) is 30.6 Å². The summed E-state index contributed by atoms with van der Waals surface area (Å²) in [5.74, 6) is -1.00. The zero-order chi connectivity index (χ0) is 37.1. The maximum Gasteiger partial charge on any atom is 0.343 e. The highest BCUT2D eigenvalue weighted by Gasteiger charge is 2.21. The van der Waals surface area contributed by atoms with E-state index in [1.165, 1.54) is 24.3 Å². The van der Waals surface area contributed by atoms with Crippen LogP contribution >= 0.6 is 0 Å². The number of ether oxygens (including phenoxy) is 7. The second-order valence-corrected chi connectivity index (χ2v) is 11.3. The highest BCUT2D eigenvalue weighted by Crippen LogP contribution is 2.25. The Morgan fingerprint density at radius 1 is 0.654 bits per heavy atom. The summed E-state index contributed by atoms with van der Waals surface area (Å²) in [7, 11) is 0. The lowest BCUT2D eigenvalue weighted by Crippen LogP contribution is -2.17. The van der Waals surface area contributed by atoms with Crippen molar-refractivity contribution in [2.24, 2.45) is 0 Å². The van der Waals surface area contributed by atoms with Gasteiger partial charge in [-0.1, -0.05) is 25.3 Å². The molecule has 0 N–H and O–H groups in total. The van der Waals surface area contributed by atoms with E-state index in [0.29, 0.717) is 86.6 Å². The van der Waals surface area contributed by atoms with Gasteiger partial charge in [0.15, 0.2) is 0 Å². The van der Waals surface area contributed by atoms with Crippen LogP contribution in [0.15, 0.2) is 121 Å². The fraction of sp³-hybridized carbons (Fsp3) is 0.275. The van der Waals surface area contributed by atoms with Crippen LogP contribution < -0.4 is 14.2 Å². The van der Waals surface area contributed by atoms with Gasteiger partial charge in [0.2, 0.25) is 0 Å². The second kappa shape index (κ2) is 20.6. The van der Waals surface area contributed by atoms with Gasteiger partial charge in [-0.2, -0.15) is 0 Å². The molecule has 0 aromatic heterocycles. The van der Waals surface area contributed by atoms with E-state index in [0.717, 1.165) is 12.2 Å². The fourth-order valence-corrected chi connectivity index (χ4v) is 4.68. The molecule has 272 valence electrons. The molecule has 0 bridgehead atoms. The maximum absolute atomic E-state index is 12.8. The highest BCUT2D eigenvalue weighted by molar-refractivity contribution is 5.93. The van der Waals surface area contributed by atoms with Crippen molar-refractivity contribution < 1.29 is 57.1 Å². The molecule has 2 aromatic rings. The normalized spacial score (nSPS) is 14.8. The van der Waals surface area contributed by atoms with Gasteiger partial charge in [0.1, 0.15) is 23.0 Å². The van der Waals surface area contributed by atoms with E-state index in [1.807, 2.05) is 0 Å². The zero-order valence-electron chi connectivity index (χ0n) is 28.6. The van der Waals surface area contributed by atoms with Gasteiger partial charge in [0.25, 0.3) is 0 Å². The molecule has 0 aliphatic heterocycles. The van der Waals surface area contributed by atoms with Crippen molar-refractivity contribution in [1.82, 2.24) is 0 Å². The molecule has 2 aliphatic rings. The number of benzene rings is 2. The summed E-state index contributed by atoms with van der Waals surface area (Å²) in [5, 5.41) is 0. The zero-order valence-corrected chi connectivity index (χ0v) is 28.6. The van der Waals surface area contributed by atoms with E-state index in [4.69, 9.17) is 33.2 Å². The van der Waals surface area contributed by atoms with Crippen molar-refractivity contribution in [2.75, 3.05) is 26.4 Å². The molecule has 0 radical (unpaired) electrons. The first-order chi connectivity index (χ1) is 25.2. The van der Waals surface area contributed by atoms with E-state index in [-0.39, 0.29) is 24.2 Å². The molecule has 0 fully saturated rings. The number of carbonyl (C=O) groups excluding carboxylic acids is 5. The number of hydrogen-bond donors (Lipinski definition) is 0. The van der Waals surface area contributed by atoms with Crippen LogP contribution in [-0.2, 0) is 38.1 Å². The predicted octanol–water partition coefficient (Wildman–Crippen LogP) is 6.24. The molecular weight excluding hydrogens is 672 g/mol. The maximum atomic E-state index is 12.8. The Kier molecular flexibility index (Phi) is 15.4. The Morgan fingerprint density at radius 2 is 1.27 bits per heavy atom. The lowest BCUT2D eigenvalue weighted by atomic mass is 10.0. The van der Waals surface area contributed by atoms with Crippen LogP contribution in [0.2, 0.25) is 0 Å². The summed E-state index contributed by atoms with van der Waals surface area (Å²) in [6.45, 7) is 8.03. The topological polar surface area (TPSA) is 150 Å². The third-order valence-electron chi connectivity index (χ3n) is 7.48. The van der Waals surface area contributed by atoms with Crippen molar-refractivity contribution in [3.05, 3.63) is 127 Å². The molecule has 52 heavy (non-hydrogen) atoms. The average molecular weight is 713 g/mol. The van der Waals surface area contributed by atoms with Gasteiger partial charge in [-0.15, -0.1) is 0 Å². The first kappa shape index (κ1) is 38.8. The molecule has 0 amide bonds. The molecule has 0 saturated heterocycles. The summed E-state index contributed by atoms with van der Waals surface area (Å²) >= 11 is 0. The van der Waals surface area contributed by atoms with Gasteiger partial charge in [0.05, 0.1) is 43.7 Å². The van der Waals surface area contributed by atoms with E-state index >= 15 is 0 Å². The van der Waals surface area contributed by atoms with Crippen LogP contribution in [0.4, 0.5) is 0 Å². The predicted molar refractivity (Wildman–Crippen MR) is 188 cm³/mol. The van der Waals surface area contributed by atoms with Gasteiger partial charge in [-0.05, 0) is 92.4 Å². The number of carbonyl (C=O) groups is 5. The molecular formula is C40H40O12. The minimum Gasteiger partial charge on any atom is -0.494 e. The van der Waals surface area contributed by atoms with E-state index in [9.17, 15) is 24.0 Å². The Bertz CT molecular complexity index is 1730. The Morgan fingerprint density at radius 3 is 1.87 bits per heavy atom. The standard InChI is InChI=1S/C40H40O12/c1-3-36(41)48-25-6-5-24-46-31-14-8-29(9-15-31)39(44)51-34-20-22-35(23-21-34)52-40(45)30-12-18-33(19-13-30)50-38(43)28-10-16-32(17-11-28)47-26-7-27-49-37(42)4-2/h3-4,8-12,14-16,18,20-23,32H,1-2,5-7,13,17,19,24-27H2. The molecule has 0 spiro atoms. The van der Waals surface area contributed by atoms with Gasteiger partial charge < -0.3 is 33.2 Å². The number of allylic oxidation sites excluding steroid dienone is 3. The molecule has 2 aliphatic carbocycles. The van der Waals surface area contributed by atoms with Crippen LogP contribution in [0.1, 0.15) is 48.9 Å². The second-order valence-electron chi connectivity index (χ2n) is 11.3. The molecule has 2 aromatic carbocycles. The molecule has 0 saturated carbocycles. The summed E-state index contributed by atoms with van der Waals surface area (Å²) in [4.78, 5) is 60.1. The lowest BCUT2D eigenvalue weighted by molar-refractivity contribution is -0.139. The van der Waals surface area contributed by atoms with Crippen molar-refractivity contribution >= 4 is 29.8 Å². The number of hydrogen-bond acceptors (Lipinski definition) is 12. The summed E-state index contributed by atoms with van der Waals surface area (Å²) < 4.78 is 37.6. The van der Waals surface area contributed by atoms with Crippen molar-refractivity contribution in [3.63, 3.8) is 0 Å². The first-order valence-electron chi connectivity index (χ1n) is 16.7. The van der Waals surface area contributed by atoms with Crippen LogP contribution in [-0.4, -0.2) is 62.4 Å². The fourth-order valence-electron chi connectivity index (χ4n) is 4.68. The van der Waals surface area contributed by atoms with Gasteiger partial charge in [-0.3, -0.25) is 0 Å². The highest BCUT2D eigenvalue weighted by atomic mass is 16.6. The van der Waals surface area contributed by atoms with Crippen molar-refractivity contribution in [3.8, 4) is 17.2 Å². The smallest absolute Gasteiger partial charge is 0.343 e. The van der Waals surface area contributed by atoms with E-state index < -0.39 is 29.8 Å². The minimum atomic E-state index is -0.567. The average Bonchev–Trinajstić information content (AvgIpc) is 3.17. The van der Waals surface area contributed by atoms with E-state index in [2.05, 4.69) is 13.2 Å². The van der Waals surface area contributed by atoms with Gasteiger partial charge in [-0.25, -0.2) is 24.0 Å². The first-order valence-corrected chi connectivity index (χ1v) is 16.7. The Hall–Kier alpha value is -6.01. The Balaban J connectivity index is 1.15. The summed E-state index contributed by atoms with van der Waals surface area (Å²) in [6.07, 6.45) is 13.4. The molecule has 12 nitrogen and oxygen atoms in total. The summed E-state index contributed by atoms with van der Waals surface area (Å²) in [5.41, 5.74) is 1.14. The van der Waals surface area contributed by atoms with Crippen molar-refractivity contribution in [1.29, 1.82) is 0 Å². The largest absolute Gasteiger partial charge is 0.494 e. The minimum absolute atomic E-state index is 0.195. The lowest BCUT2D eigenvalue weighted by Gasteiger charge is -2.18. The molecule has 12 heteroatoms. The SMILES string of the molecule is C=CC(=O)OCCCCOc1ccc(C(=O)Oc2ccc(OC(=O)C3=CC=C(OC(=O)C4=CCC(OCCCOC(=O)C=C)C=C4)CC3)cc2)cc1. The van der Waals surface area contributed by atoms with Crippen LogP contribution in [0.25, 0.3) is 0 Å². The van der Waals surface area contributed by atoms with Crippen LogP contribution in [0.3, 0.4) is 0 Å². The third-order valence-corrected chi connectivity index (χ3v) is 7.48. The van der Waals surface area contributed by atoms with Crippen LogP contribution in [0, 0.1) is 0 Å². The molecule has 1 atom stereocenters. The number of esters is 5. The molecule has 0 heterocycles. The third kappa shape index (κ3) is 13.0. The monoisotopic (exact) mass is 712 g/mol. The van der Waals surface area contributed by atoms with Gasteiger partial charge >= 0.3 is 29.8 Å². The summed E-state index contributed by atoms with van der Waals surface area (Å²) in [6, 6.07) is 12.6.